The first-order valence-electron chi connectivity index (χ1n) is 8.39. The molecule has 0 heterocycles. The summed E-state index contributed by atoms with van der Waals surface area (Å²) in [6, 6.07) is 8.16. The number of aryl methyl sites for hydroxylation is 1. The van der Waals surface area contributed by atoms with Crippen molar-refractivity contribution in [3.8, 4) is 0 Å². The maximum Gasteiger partial charge on any atom is 0.230 e. The molecular weight excluding hydrogens is 258 g/mol. The molecule has 0 aromatic heterocycles. The summed E-state index contributed by atoms with van der Waals surface area (Å²) in [6.07, 6.45) is 5.32. The van der Waals surface area contributed by atoms with Crippen LogP contribution in [0.2, 0.25) is 0 Å². The van der Waals surface area contributed by atoms with Gasteiger partial charge in [0.15, 0.2) is 0 Å². The predicted octanol–water partition coefficient (Wildman–Crippen LogP) is 5.04. The van der Waals surface area contributed by atoms with Gasteiger partial charge in [0.2, 0.25) is 5.91 Å². The number of benzene rings is 1. The second-order valence-electron chi connectivity index (χ2n) is 6.96. The second kappa shape index (κ2) is 6.64. The Hall–Kier alpha value is -1.31. The van der Waals surface area contributed by atoms with Crippen LogP contribution in [-0.2, 0) is 11.2 Å². The summed E-state index contributed by atoms with van der Waals surface area (Å²) in [5.74, 6) is 1.37. The van der Waals surface area contributed by atoms with Crippen LogP contribution in [-0.4, -0.2) is 5.91 Å². The smallest absolute Gasteiger partial charge is 0.230 e. The fourth-order valence-electron chi connectivity index (χ4n) is 3.54. The summed E-state index contributed by atoms with van der Waals surface area (Å²) in [5.41, 5.74) is 2.02. The highest BCUT2D eigenvalue weighted by Gasteiger charge is 2.43. The summed E-state index contributed by atoms with van der Waals surface area (Å²) in [7, 11) is 0. The number of carbonyl (C=O) groups excluding carboxylic acids is 1. The monoisotopic (exact) mass is 287 g/mol. The van der Waals surface area contributed by atoms with Gasteiger partial charge in [-0.15, -0.1) is 0 Å². The van der Waals surface area contributed by atoms with E-state index in [1.807, 2.05) is 18.2 Å². The minimum Gasteiger partial charge on any atom is -0.325 e. The summed E-state index contributed by atoms with van der Waals surface area (Å²) in [4.78, 5) is 13.0. The zero-order chi connectivity index (χ0) is 15.5. The van der Waals surface area contributed by atoms with Crippen molar-refractivity contribution in [3.05, 3.63) is 29.8 Å². The number of carbonyl (C=O) groups is 1. The largest absolute Gasteiger partial charge is 0.325 e. The maximum atomic E-state index is 13.0. The normalized spacial score (nSPS) is 25.9. The molecule has 1 aliphatic carbocycles. The number of amides is 1. The van der Waals surface area contributed by atoms with E-state index in [0.29, 0.717) is 5.92 Å². The van der Waals surface area contributed by atoms with Crippen molar-refractivity contribution >= 4 is 11.6 Å². The molecule has 1 N–H and O–H groups in total. The molecule has 0 aliphatic heterocycles. The summed E-state index contributed by atoms with van der Waals surface area (Å²) in [6.45, 7) is 8.82. The molecule has 2 nitrogen and oxygen atoms in total. The molecule has 0 spiro atoms. The van der Waals surface area contributed by atoms with Gasteiger partial charge >= 0.3 is 0 Å². The Labute approximate surface area is 129 Å². The highest BCUT2D eigenvalue weighted by atomic mass is 16.2. The van der Waals surface area contributed by atoms with Crippen molar-refractivity contribution in [3.63, 3.8) is 0 Å². The van der Waals surface area contributed by atoms with Crippen molar-refractivity contribution in [1.29, 1.82) is 0 Å². The fourth-order valence-corrected chi connectivity index (χ4v) is 3.54. The van der Waals surface area contributed by atoms with Crippen LogP contribution in [0.15, 0.2) is 24.3 Å². The lowest BCUT2D eigenvalue weighted by Gasteiger charge is -2.41. The third-order valence-electron chi connectivity index (χ3n) is 5.37. The maximum absolute atomic E-state index is 13.0. The van der Waals surface area contributed by atoms with E-state index in [4.69, 9.17) is 0 Å². The topological polar surface area (TPSA) is 29.1 Å². The van der Waals surface area contributed by atoms with Crippen LogP contribution in [0.4, 0.5) is 5.69 Å². The fraction of sp³-hybridized carbons (Fsp3) is 0.632. The van der Waals surface area contributed by atoms with E-state index >= 15 is 0 Å². The standard InChI is InChI=1S/C19H29NO/c1-5-16-8-6-7-9-17(16)20-18(21)19(14(2)3)12-10-15(4)11-13-19/h6-9,14-15H,5,10-13H2,1-4H3,(H,20,21). The van der Waals surface area contributed by atoms with Crippen LogP contribution in [0.1, 0.15) is 58.9 Å². The summed E-state index contributed by atoms with van der Waals surface area (Å²) in [5, 5.41) is 3.23. The lowest BCUT2D eigenvalue weighted by molar-refractivity contribution is -0.130. The van der Waals surface area contributed by atoms with E-state index in [2.05, 4.69) is 39.1 Å². The molecule has 1 saturated carbocycles. The highest BCUT2D eigenvalue weighted by Crippen LogP contribution is 2.45. The Kier molecular flexibility index (Phi) is 5.08. The SMILES string of the molecule is CCc1ccccc1NC(=O)C1(C(C)C)CCC(C)CC1. The molecule has 0 bridgehead atoms. The highest BCUT2D eigenvalue weighted by molar-refractivity contribution is 5.96. The first-order valence-corrected chi connectivity index (χ1v) is 8.39. The third-order valence-corrected chi connectivity index (χ3v) is 5.37. The first-order chi connectivity index (χ1) is 9.99. The molecule has 116 valence electrons. The summed E-state index contributed by atoms with van der Waals surface area (Å²) < 4.78 is 0. The van der Waals surface area contributed by atoms with Crippen LogP contribution in [0.25, 0.3) is 0 Å². The molecule has 21 heavy (non-hydrogen) atoms. The zero-order valence-corrected chi connectivity index (χ0v) is 13.9. The van der Waals surface area contributed by atoms with Crippen LogP contribution >= 0.6 is 0 Å². The average molecular weight is 287 g/mol. The number of hydrogen-bond acceptors (Lipinski definition) is 1. The van der Waals surface area contributed by atoms with Gasteiger partial charge in [0.1, 0.15) is 0 Å². The minimum absolute atomic E-state index is 0.187. The number of hydrogen-bond donors (Lipinski definition) is 1. The van der Waals surface area contributed by atoms with Gasteiger partial charge < -0.3 is 5.32 Å². The number of rotatable bonds is 4. The molecule has 0 radical (unpaired) electrons. The molecule has 0 saturated heterocycles. The molecule has 2 rings (SSSR count). The Balaban J connectivity index is 2.20. The van der Waals surface area contributed by atoms with Gasteiger partial charge in [-0.2, -0.15) is 0 Å². The van der Waals surface area contributed by atoms with Crippen molar-refractivity contribution < 1.29 is 4.79 Å². The summed E-state index contributed by atoms with van der Waals surface area (Å²) >= 11 is 0. The van der Waals surface area contributed by atoms with Gasteiger partial charge in [-0.05, 0) is 55.6 Å². The minimum atomic E-state index is -0.187. The average Bonchev–Trinajstić information content (AvgIpc) is 2.48. The van der Waals surface area contributed by atoms with Gasteiger partial charge in [0.25, 0.3) is 0 Å². The van der Waals surface area contributed by atoms with Crippen molar-refractivity contribution in [2.24, 2.45) is 17.3 Å². The van der Waals surface area contributed by atoms with E-state index in [1.54, 1.807) is 0 Å². The number of para-hydroxylation sites is 1. The Bertz CT molecular complexity index is 484. The lowest BCUT2D eigenvalue weighted by atomic mass is 9.64. The Morgan fingerprint density at radius 3 is 2.48 bits per heavy atom. The Morgan fingerprint density at radius 2 is 1.90 bits per heavy atom. The molecule has 1 fully saturated rings. The number of nitrogens with one attached hydrogen (secondary N) is 1. The molecular formula is C19H29NO. The molecule has 1 aliphatic rings. The molecule has 0 unspecified atom stereocenters. The quantitative estimate of drug-likeness (QED) is 0.825. The van der Waals surface area contributed by atoms with E-state index in [-0.39, 0.29) is 11.3 Å². The van der Waals surface area contributed by atoms with Gasteiger partial charge in [0.05, 0.1) is 5.41 Å². The number of anilines is 1. The lowest BCUT2D eigenvalue weighted by Crippen LogP contribution is -2.43. The van der Waals surface area contributed by atoms with Crippen molar-refractivity contribution in [2.45, 2.75) is 59.8 Å². The van der Waals surface area contributed by atoms with E-state index < -0.39 is 0 Å². The van der Waals surface area contributed by atoms with Crippen molar-refractivity contribution in [1.82, 2.24) is 0 Å². The van der Waals surface area contributed by atoms with Gasteiger partial charge in [0, 0.05) is 5.69 Å². The zero-order valence-electron chi connectivity index (χ0n) is 13.9. The predicted molar refractivity (Wildman–Crippen MR) is 89.4 cm³/mol. The van der Waals surface area contributed by atoms with Gasteiger partial charge in [-0.25, -0.2) is 0 Å². The first kappa shape index (κ1) is 16.1. The van der Waals surface area contributed by atoms with Crippen molar-refractivity contribution in [2.75, 3.05) is 5.32 Å². The van der Waals surface area contributed by atoms with Crippen LogP contribution in [0.5, 0.6) is 0 Å². The molecule has 1 amide bonds. The molecule has 1 aromatic carbocycles. The van der Waals surface area contributed by atoms with Crippen LogP contribution in [0.3, 0.4) is 0 Å². The van der Waals surface area contributed by atoms with Gasteiger partial charge in [-0.3, -0.25) is 4.79 Å². The van der Waals surface area contributed by atoms with E-state index in [0.717, 1.165) is 30.9 Å². The Morgan fingerprint density at radius 1 is 1.29 bits per heavy atom. The molecule has 2 heteroatoms. The van der Waals surface area contributed by atoms with Crippen LogP contribution < -0.4 is 5.32 Å². The molecule has 1 aromatic rings. The van der Waals surface area contributed by atoms with Gasteiger partial charge in [-0.1, -0.05) is 45.9 Å². The van der Waals surface area contributed by atoms with E-state index in [1.165, 1.54) is 18.4 Å². The molecule has 0 atom stereocenters. The third kappa shape index (κ3) is 3.30. The second-order valence-corrected chi connectivity index (χ2v) is 6.96. The van der Waals surface area contributed by atoms with Crippen LogP contribution in [0, 0.1) is 17.3 Å². The van der Waals surface area contributed by atoms with E-state index in [9.17, 15) is 4.79 Å².